The first-order valence-corrected chi connectivity index (χ1v) is 5.73. The molecule has 0 aromatic heterocycles. The molecule has 0 aliphatic rings. The molecular formula is C13H18F3N. The second-order valence-corrected chi connectivity index (χ2v) is 4.47. The predicted octanol–water partition coefficient (Wildman–Crippen LogP) is 3.93. The standard InChI is InChI=1S/C13H18F3N/c1-10(8-13(14,15)16)9-17-11(2)12-6-4-3-5-7-12/h3-7,10-11,17H,8-9H2,1-2H3/t10-,11+/m1/s1. The zero-order valence-electron chi connectivity index (χ0n) is 10.1. The maximum atomic E-state index is 12.1. The molecule has 0 spiro atoms. The van der Waals surface area contributed by atoms with Gasteiger partial charge in [0, 0.05) is 12.5 Å². The van der Waals surface area contributed by atoms with Crippen molar-refractivity contribution in [1.82, 2.24) is 5.32 Å². The van der Waals surface area contributed by atoms with Gasteiger partial charge in [0.05, 0.1) is 0 Å². The number of rotatable bonds is 5. The molecule has 0 unspecified atom stereocenters. The van der Waals surface area contributed by atoms with E-state index in [1.165, 1.54) is 0 Å². The summed E-state index contributed by atoms with van der Waals surface area (Å²) < 4.78 is 36.4. The lowest BCUT2D eigenvalue weighted by molar-refractivity contribution is -0.143. The Balaban J connectivity index is 2.36. The lowest BCUT2D eigenvalue weighted by Gasteiger charge is -2.19. The second kappa shape index (κ2) is 6.05. The van der Waals surface area contributed by atoms with Gasteiger partial charge in [-0.1, -0.05) is 37.3 Å². The Morgan fingerprint density at radius 1 is 1.12 bits per heavy atom. The quantitative estimate of drug-likeness (QED) is 0.828. The molecule has 0 heterocycles. The lowest BCUT2D eigenvalue weighted by Crippen LogP contribution is -2.27. The first-order valence-electron chi connectivity index (χ1n) is 5.73. The molecule has 1 rings (SSSR count). The highest BCUT2D eigenvalue weighted by atomic mass is 19.4. The van der Waals surface area contributed by atoms with E-state index in [-0.39, 0.29) is 6.04 Å². The molecule has 1 aromatic carbocycles. The molecule has 1 N–H and O–H groups in total. The van der Waals surface area contributed by atoms with Gasteiger partial charge in [-0.25, -0.2) is 0 Å². The lowest BCUT2D eigenvalue weighted by atomic mass is 10.1. The van der Waals surface area contributed by atoms with Crippen LogP contribution in [-0.4, -0.2) is 12.7 Å². The average Bonchev–Trinajstić information content (AvgIpc) is 2.25. The average molecular weight is 245 g/mol. The van der Waals surface area contributed by atoms with E-state index in [1.54, 1.807) is 6.92 Å². The number of halogens is 3. The first-order chi connectivity index (χ1) is 7.88. The van der Waals surface area contributed by atoms with Gasteiger partial charge in [0.15, 0.2) is 0 Å². The van der Waals surface area contributed by atoms with Crippen LogP contribution in [-0.2, 0) is 0 Å². The molecule has 0 amide bonds. The Morgan fingerprint density at radius 3 is 2.24 bits per heavy atom. The molecular weight excluding hydrogens is 227 g/mol. The third-order valence-electron chi connectivity index (χ3n) is 2.65. The highest BCUT2D eigenvalue weighted by molar-refractivity contribution is 5.17. The summed E-state index contributed by atoms with van der Waals surface area (Å²) >= 11 is 0. The Bertz CT molecular complexity index is 321. The SMILES string of the molecule is C[C@@H](CN[C@@H](C)c1ccccc1)CC(F)(F)F. The molecule has 0 bridgehead atoms. The smallest absolute Gasteiger partial charge is 0.310 e. The maximum absolute atomic E-state index is 12.1. The Hall–Kier alpha value is -1.03. The molecule has 0 aliphatic carbocycles. The zero-order chi connectivity index (χ0) is 12.9. The fourth-order valence-electron chi connectivity index (χ4n) is 1.70. The summed E-state index contributed by atoms with van der Waals surface area (Å²) in [5.41, 5.74) is 1.09. The fourth-order valence-corrected chi connectivity index (χ4v) is 1.70. The van der Waals surface area contributed by atoms with Crippen LogP contribution in [0.2, 0.25) is 0 Å². The van der Waals surface area contributed by atoms with Crippen LogP contribution in [0.4, 0.5) is 13.2 Å². The highest BCUT2D eigenvalue weighted by Gasteiger charge is 2.29. The molecule has 0 saturated heterocycles. The van der Waals surface area contributed by atoms with Gasteiger partial charge in [0.2, 0.25) is 0 Å². The molecule has 0 radical (unpaired) electrons. The fraction of sp³-hybridized carbons (Fsp3) is 0.538. The van der Waals surface area contributed by atoms with Gasteiger partial charge in [-0.3, -0.25) is 0 Å². The number of benzene rings is 1. The number of hydrogen-bond donors (Lipinski definition) is 1. The highest BCUT2D eigenvalue weighted by Crippen LogP contribution is 2.24. The van der Waals surface area contributed by atoms with E-state index in [2.05, 4.69) is 5.32 Å². The molecule has 0 aliphatic heterocycles. The van der Waals surface area contributed by atoms with Crippen molar-refractivity contribution in [2.75, 3.05) is 6.54 Å². The molecule has 4 heteroatoms. The Labute approximate surface area is 100 Å². The monoisotopic (exact) mass is 245 g/mol. The summed E-state index contributed by atoms with van der Waals surface area (Å²) in [6.07, 6.45) is -4.81. The van der Waals surface area contributed by atoms with Gasteiger partial charge < -0.3 is 5.32 Å². The molecule has 0 fully saturated rings. The van der Waals surface area contributed by atoms with Crippen molar-refractivity contribution in [3.8, 4) is 0 Å². The van der Waals surface area contributed by atoms with Gasteiger partial charge in [-0.05, 0) is 24.9 Å². The van der Waals surface area contributed by atoms with Crippen LogP contribution in [0.5, 0.6) is 0 Å². The van der Waals surface area contributed by atoms with Crippen LogP contribution in [0.1, 0.15) is 31.9 Å². The molecule has 1 aromatic rings. The summed E-state index contributed by atoms with van der Waals surface area (Å²) in [5.74, 6) is -0.402. The minimum atomic E-state index is -4.07. The van der Waals surface area contributed by atoms with E-state index in [1.807, 2.05) is 37.3 Å². The summed E-state index contributed by atoms with van der Waals surface area (Å²) in [4.78, 5) is 0. The van der Waals surface area contributed by atoms with E-state index in [9.17, 15) is 13.2 Å². The van der Waals surface area contributed by atoms with Crippen LogP contribution in [0.3, 0.4) is 0 Å². The third-order valence-corrected chi connectivity index (χ3v) is 2.65. The summed E-state index contributed by atoms with van der Waals surface area (Å²) in [6.45, 7) is 3.93. The van der Waals surface area contributed by atoms with Crippen LogP contribution >= 0.6 is 0 Å². The van der Waals surface area contributed by atoms with Gasteiger partial charge in [-0.15, -0.1) is 0 Å². The van der Waals surface area contributed by atoms with Gasteiger partial charge in [0.1, 0.15) is 0 Å². The number of alkyl halides is 3. The predicted molar refractivity (Wildman–Crippen MR) is 62.7 cm³/mol. The van der Waals surface area contributed by atoms with Crippen molar-refractivity contribution in [1.29, 1.82) is 0 Å². The minimum absolute atomic E-state index is 0.0758. The molecule has 96 valence electrons. The molecule has 17 heavy (non-hydrogen) atoms. The minimum Gasteiger partial charge on any atom is -0.310 e. The zero-order valence-corrected chi connectivity index (χ0v) is 10.1. The summed E-state index contributed by atoms with van der Waals surface area (Å²) in [7, 11) is 0. The largest absolute Gasteiger partial charge is 0.389 e. The van der Waals surface area contributed by atoms with Crippen molar-refractivity contribution in [3.05, 3.63) is 35.9 Å². The summed E-state index contributed by atoms with van der Waals surface area (Å²) in [5, 5.41) is 3.12. The Morgan fingerprint density at radius 2 is 1.71 bits per heavy atom. The van der Waals surface area contributed by atoms with Crippen LogP contribution in [0, 0.1) is 5.92 Å². The summed E-state index contributed by atoms with van der Waals surface area (Å²) in [6, 6.07) is 9.77. The van der Waals surface area contributed by atoms with E-state index in [0.717, 1.165) is 5.56 Å². The van der Waals surface area contributed by atoms with Gasteiger partial charge in [0.25, 0.3) is 0 Å². The van der Waals surface area contributed by atoms with Crippen LogP contribution < -0.4 is 5.32 Å². The second-order valence-electron chi connectivity index (χ2n) is 4.47. The van der Waals surface area contributed by atoms with Crippen LogP contribution in [0.25, 0.3) is 0 Å². The van der Waals surface area contributed by atoms with Crippen molar-refractivity contribution in [3.63, 3.8) is 0 Å². The van der Waals surface area contributed by atoms with Gasteiger partial charge in [-0.2, -0.15) is 13.2 Å². The van der Waals surface area contributed by atoms with Crippen molar-refractivity contribution >= 4 is 0 Å². The van der Waals surface area contributed by atoms with E-state index in [0.29, 0.717) is 6.54 Å². The van der Waals surface area contributed by atoms with Gasteiger partial charge >= 0.3 is 6.18 Å². The Kier molecular flexibility index (Phi) is 5.00. The molecule has 0 saturated carbocycles. The van der Waals surface area contributed by atoms with E-state index < -0.39 is 18.5 Å². The maximum Gasteiger partial charge on any atom is 0.389 e. The van der Waals surface area contributed by atoms with E-state index >= 15 is 0 Å². The number of hydrogen-bond acceptors (Lipinski definition) is 1. The normalized spacial score (nSPS) is 15.6. The number of nitrogens with one attached hydrogen (secondary N) is 1. The topological polar surface area (TPSA) is 12.0 Å². The third kappa shape index (κ3) is 5.73. The molecule has 1 nitrogen and oxygen atoms in total. The first kappa shape index (κ1) is 14.0. The van der Waals surface area contributed by atoms with Crippen LogP contribution in [0.15, 0.2) is 30.3 Å². The van der Waals surface area contributed by atoms with E-state index in [4.69, 9.17) is 0 Å². The van der Waals surface area contributed by atoms with Crippen molar-refractivity contribution in [2.45, 2.75) is 32.5 Å². The van der Waals surface area contributed by atoms with Crippen molar-refractivity contribution in [2.24, 2.45) is 5.92 Å². The van der Waals surface area contributed by atoms with Crippen molar-refractivity contribution < 1.29 is 13.2 Å². The molecule has 2 atom stereocenters.